The van der Waals surface area contributed by atoms with Crippen LogP contribution in [0.3, 0.4) is 0 Å². The van der Waals surface area contributed by atoms with Gasteiger partial charge < -0.3 is 198 Å². The SMILES string of the molecule is CCCCOC[C@H]1O[C@@H]2O[C@H]3[C@H](O)[C@@H](O)[C@@H](O[C@H]4[C@H](O)[C@@H](O)[C@@H](O[C@H]5[C@H](O)[C@@H](O)[C@@H](O[C@H]6[C@H](O)[C@@H](O)[C@@H](O[C@H]7[C@H](O)[C@@H](O)[C@@H](O[C@H]8[C@H](O)[C@@H](O)[C@@H](O[C@H]9[C@H](O)[C@@H](O)[C@@H](O[C@H]1[C@H](O)[C@H]2O)O[C@@H]9CO)O[C@@H]8CO)O[C@@H]7CO)O[C@@H]6CO)O[C@@H]5CO)O[C@@H]4CO)O[C@@H]3CO. The minimum Gasteiger partial charge on any atom is -0.394 e. The maximum absolute atomic E-state index is 11.7. The minimum atomic E-state index is -2.25. The van der Waals surface area contributed by atoms with E-state index in [2.05, 4.69) is 0 Å². The van der Waals surface area contributed by atoms with Crippen molar-refractivity contribution in [2.45, 2.75) is 265 Å². The molecule has 30 rings (SSSR count). The molecule has 30 aliphatic heterocycles. The Hall–Kier alpha value is -1.60. The fourth-order valence-corrected chi connectivity index (χ4v) is 12.3. The molecule has 30 heterocycles. The third kappa shape index (κ3) is 15.3. The first-order valence-electron chi connectivity index (χ1n) is 30.1. The van der Waals surface area contributed by atoms with Crippen molar-refractivity contribution in [3.8, 4) is 0 Å². The third-order valence-electron chi connectivity index (χ3n) is 17.6. The maximum Gasteiger partial charge on any atom is 0.187 e. The summed E-state index contributed by atoms with van der Waals surface area (Å²) in [4.78, 5) is 0. The fourth-order valence-electron chi connectivity index (χ4n) is 12.3. The van der Waals surface area contributed by atoms with Crippen LogP contribution in [0.1, 0.15) is 19.8 Å². The number of aliphatic hydroxyl groups is 23. The van der Waals surface area contributed by atoms with Gasteiger partial charge in [-0.1, -0.05) is 13.3 Å². The quantitative estimate of drug-likeness (QED) is 0.0807. The summed E-state index contributed by atoms with van der Waals surface area (Å²) in [5.41, 5.74) is 0. The fraction of sp³-hybridized carbons (Fsp3) is 1.00. The number of aliphatic hydroxyl groups excluding tert-OH is 23. The first-order chi connectivity index (χ1) is 43.9. The number of rotatable bonds is 12. The molecule has 30 aliphatic rings. The topological polar surface area (TPSA) is 622 Å². The summed E-state index contributed by atoms with van der Waals surface area (Å²) in [5, 5.41) is 257. The normalized spacial score (nSPS) is 53.5. The van der Waals surface area contributed by atoms with Crippen LogP contribution in [0.5, 0.6) is 0 Å². The van der Waals surface area contributed by atoms with E-state index in [-0.39, 0.29) is 6.61 Å². The van der Waals surface area contributed by atoms with E-state index < -0.39 is 299 Å². The maximum atomic E-state index is 11.7. The molecule has 0 radical (unpaired) electrons. The molecule has 16 bridgehead atoms. The van der Waals surface area contributed by atoms with Crippen LogP contribution in [-0.4, -0.2) is 423 Å². The van der Waals surface area contributed by atoms with Crippen molar-refractivity contribution in [3.05, 3.63) is 0 Å². The summed E-state index contributed by atoms with van der Waals surface area (Å²) >= 11 is 0. The zero-order chi connectivity index (χ0) is 66.9. The third-order valence-corrected chi connectivity index (χ3v) is 17.6. The van der Waals surface area contributed by atoms with Gasteiger partial charge in [0.15, 0.2) is 50.3 Å². The van der Waals surface area contributed by atoms with Crippen LogP contribution in [0.15, 0.2) is 0 Å². The van der Waals surface area contributed by atoms with E-state index in [1.165, 1.54) is 0 Å². The second-order valence-corrected chi connectivity index (χ2v) is 23.7. The summed E-state index contributed by atoms with van der Waals surface area (Å²) in [5.74, 6) is 0. The summed E-state index contributed by atoms with van der Waals surface area (Å²) in [6.45, 7) is -5.99. The molecule has 23 N–H and O–H groups in total. The van der Waals surface area contributed by atoms with Gasteiger partial charge in [-0.25, -0.2) is 0 Å². The molecule has 0 saturated carbocycles. The van der Waals surface area contributed by atoms with E-state index in [4.69, 9.17) is 80.5 Å². The number of hydrogen-bond acceptors (Lipinski definition) is 40. The highest BCUT2D eigenvalue weighted by atomic mass is 16.8. The smallest absolute Gasteiger partial charge is 0.187 e. The zero-order valence-corrected chi connectivity index (χ0v) is 49.1. The summed E-state index contributed by atoms with van der Waals surface area (Å²) in [6.07, 6.45) is -79.7. The van der Waals surface area contributed by atoms with Crippen molar-refractivity contribution < 1.29 is 198 Å². The molecule has 0 spiro atoms. The van der Waals surface area contributed by atoms with Gasteiger partial charge in [-0.3, -0.25) is 0 Å². The molecular weight excluding hydrogens is 1260 g/mol. The Balaban J connectivity index is 0.988. The lowest BCUT2D eigenvalue weighted by atomic mass is 9.94. The van der Waals surface area contributed by atoms with Crippen LogP contribution in [0, 0.1) is 0 Å². The molecule has 92 heavy (non-hydrogen) atoms. The van der Waals surface area contributed by atoms with Crippen LogP contribution < -0.4 is 0 Å². The zero-order valence-electron chi connectivity index (χ0n) is 49.1. The Morgan fingerprint density at radius 3 is 0.522 bits per heavy atom. The summed E-state index contributed by atoms with van der Waals surface area (Å²) in [7, 11) is 0. The highest BCUT2D eigenvalue weighted by molar-refractivity contribution is 5.02. The molecule has 536 valence electrons. The van der Waals surface area contributed by atoms with Crippen LogP contribution in [0.2, 0.25) is 0 Å². The van der Waals surface area contributed by atoms with Gasteiger partial charge in [0.05, 0.1) is 52.9 Å². The first-order valence-corrected chi connectivity index (χ1v) is 30.1. The minimum absolute atomic E-state index is 0.0956. The highest BCUT2D eigenvalue weighted by Crippen LogP contribution is 2.40. The van der Waals surface area contributed by atoms with E-state index in [1.54, 1.807) is 0 Å². The van der Waals surface area contributed by atoms with Gasteiger partial charge in [-0.05, 0) is 6.42 Å². The van der Waals surface area contributed by atoms with E-state index in [0.29, 0.717) is 12.8 Å². The van der Waals surface area contributed by atoms with Crippen LogP contribution in [0.25, 0.3) is 0 Å². The molecule has 30 fully saturated rings. The molecule has 0 aromatic rings. The molecule has 0 aromatic carbocycles. The van der Waals surface area contributed by atoms with Gasteiger partial charge in [0.2, 0.25) is 0 Å². The molecule has 0 unspecified atom stereocenters. The summed E-state index contributed by atoms with van der Waals surface area (Å²) in [6, 6.07) is 0. The Bertz CT molecular complexity index is 2200. The molecule has 30 saturated heterocycles. The van der Waals surface area contributed by atoms with Crippen molar-refractivity contribution in [2.75, 3.05) is 59.5 Å². The van der Waals surface area contributed by atoms with E-state index in [0.717, 1.165) is 0 Å². The molecule has 40 heteroatoms. The van der Waals surface area contributed by atoms with Crippen molar-refractivity contribution >= 4 is 0 Å². The average molecular weight is 1350 g/mol. The van der Waals surface area contributed by atoms with Gasteiger partial charge in [-0.2, -0.15) is 0 Å². The Labute approximate surface area is 521 Å². The number of hydrogen-bond donors (Lipinski definition) is 23. The van der Waals surface area contributed by atoms with Gasteiger partial charge in [-0.15, -0.1) is 0 Å². The summed E-state index contributed by atoms with van der Waals surface area (Å²) < 4.78 is 98.2. The average Bonchev–Trinajstić information content (AvgIpc) is 0.785. The predicted octanol–water partition coefficient (Wildman–Crippen LogP) is -15.6. The van der Waals surface area contributed by atoms with Gasteiger partial charge in [0, 0.05) is 6.61 Å². The van der Waals surface area contributed by atoms with Crippen molar-refractivity contribution in [1.82, 2.24) is 0 Å². The highest BCUT2D eigenvalue weighted by Gasteiger charge is 2.60. The number of unbranched alkanes of at least 4 members (excludes halogenated alkanes) is 1. The molecule has 0 amide bonds. The molecule has 0 aromatic heterocycles. The van der Waals surface area contributed by atoms with Gasteiger partial charge in [0.25, 0.3) is 0 Å². The molecule has 40 nitrogen and oxygen atoms in total. The Morgan fingerprint density at radius 2 is 0.370 bits per heavy atom. The molecule has 0 aliphatic carbocycles. The van der Waals surface area contributed by atoms with Crippen molar-refractivity contribution in [1.29, 1.82) is 0 Å². The van der Waals surface area contributed by atoms with Gasteiger partial charge in [0.1, 0.15) is 195 Å². The molecular formula is C52H88O40. The van der Waals surface area contributed by atoms with Gasteiger partial charge >= 0.3 is 0 Å². The van der Waals surface area contributed by atoms with Crippen molar-refractivity contribution in [2.24, 2.45) is 0 Å². The van der Waals surface area contributed by atoms with E-state index in [9.17, 15) is 117 Å². The lowest BCUT2D eigenvalue weighted by molar-refractivity contribution is -0.404. The second kappa shape index (κ2) is 32.6. The van der Waals surface area contributed by atoms with Crippen LogP contribution in [-0.2, 0) is 80.5 Å². The Morgan fingerprint density at radius 1 is 0.217 bits per heavy atom. The lowest BCUT2D eigenvalue weighted by Crippen LogP contribution is -2.69. The lowest BCUT2D eigenvalue weighted by Gasteiger charge is -2.50. The van der Waals surface area contributed by atoms with E-state index >= 15 is 0 Å². The largest absolute Gasteiger partial charge is 0.394 e. The van der Waals surface area contributed by atoms with E-state index in [1.807, 2.05) is 6.92 Å². The standard InChI is InChI=1S/C52H88O40/c1-2-3-4-76-12-20-44-28(67)36(75)52(84-20)91-43-19(11-59)82-50(34(73)26(43)65)89-41-17(9-57)80-48(32(71)24(41)63)87-39-15(7-55)78-46(30(69)22(39)61)85-37-13(5-53)77-45(29(68)21(37)60)86-38-14(6-54)79-47(31(70)23(38)62)88-40-16(8-56)81-49(33(72)25(40)64)90-42-18(10-58)83-51(92-44)35(74)27(42)66/h13-75H,2-12H2,1H3/t13-,14-,15-,16-,17-,18-,19-,20-,21-,22-,23-,24-,25-,26-,27-,28-,29-,30-,31-,32-,33-,34-,35-,36-,37-,38-,39-,40-,41-,42-,43-,44-,45-,46-,47-,48-,49-,50-,51-,52-/m1/s1. The van der Waals surface area contributed by atoms with Crippen LogP contribution in [0.4, 0.5) is 0 Å². The van der Waals surface area contributed by atoms with Crippen molar-refractivity contribution in [3.63, 3.8) is 0 Å². The second-order valence-electron chi connectivity index (χ2n) is 23.7. The predicted molar refractivity (Wildman–Crippen MR) is 280 cm³/mol. The molecule has 40 atom stereocenters. The Kier molecular flexibility index (Phi) is 26.4. The number of ether oxygens (including phenoxy) is 17. The first kappa shape index (κ1) is 74.6. The van der Waals surface area contributed by atoms with Crippen LogP contribution >= 0.6 is 0 Å². The monoisotopic (exact) mass is 1350 g/mol.